The molecule has 0 bridgehead atoms. The maximum atomic E-state index is 12.2. The van der Waals surface area contributed by atoms with Crippen molar-refractivity contribution in [3.8, 4) is 0 Å². The number of halogens is 8. The Labute approximate surface area is 72.2 Å². The predicted molar refractivity (Wildman–Crippen MR) is 28.9 cm³/mol. The van der Waals surface area contributed by atoms with E-state index >= 15 is 0 Å². The lowest BCUT2D eigenvalue weighted by Crippen LogP contribution is -2.51. The van der Waals surface area contributed by atoms with E-state index in [1.54, 1.807) is 0 Å². The number of rotatable bonds is 1. The van der Waals surface area contributed by atoms with Crippen LogP contribution in [0.3, 0.4) is 0 Å². The highest BCUT2D eigenvalue weighted by atomic mass is 19.4. The topological polar surface area (TPSA) is 0 Å². The summed E-state index contributed by atoms with van der Waals surface area (Å²) in [6.07, 6.45) is -10.3. The molecule has 0 radical (unpaired) electrons. The first-order valence-corrected chi connectivity index (χ1v) is 3.20. The van der Waals surface area contributed by atoms with Gasteiger partial charge in [0.15, 0.2) is 6.17 Å². The molecule has 0 aromatic rings. The van der Waals surface area contributed by atoms with Crippen LogP contribution in [0.25, 0.3) is 0 Å². The molecule has 0 aromatic carbocycles. The van der Waals surface area contributed by atoms with Gasteiger partial charge in [0.05, 0.1) is 5.57 Å². The Hall–Kier alpha value is -0.820. The zero-order valence-corrected chi connectivity index (χ0v) is 6.18. The van der Waals surface area contributed by atoms with Crippen LogP contribution in [0, 0.1) is 0 Å². The fourth-order valence-electron chi connectivity index (χ4n) is 0.878. The molecular weight excluding hydrogens is 224 g/mol. The van der Waals surface area contributed by atoms with Crippen LogP contribution in [-0.4, -0.2) is 24.2 Å². The number of allylic oxidation sites excluding steroid dienone is 2. The van der Waals surface area contributed by atoms with Crippen molar-refractivity contribution >= 4 is 0 Å². The Morgan fingerprint density at radius 2 is 1.50 bits per heavy atom. The number of alkyl halides is 8. The van der Waals surface area contributed by atoms with Crippen LogP contribution in [0.2, 0.25) is 0 Å². The molecule has 1 aliphatic rings. The van der Waals surface area contributed by atoms with Crippen LogP contribution in [-0.2, 0) is 0 Å². The second-order valence-corrected chi connectivity index (χ2v) is 2.71. The fourth-order valence-corrected chi connectivity index (χ4v) is 0.878. The van der Waals surface area contributed by atoms with E-state index in [9.17, 15) is 35.1 Å². The second-order valence-electron chi connectivity index (χ2n) is 2.71. The fraction of sp³-hybridized carbons (Fsp3) is 0.667. The Kier molecular flexibility index (Phi) is 2.09. The van der Waals surface area contributed by atoms with Crippen molar-refractivity contribution in [1.29, 1.82) is 0 Å². The van der Waals surface area contributed by atoms with Gasteiger partial charge in [0, 0.05) is 0 Å². The third-order valence-electron chi connectivity index (χ3n) is 1.68. The number of hydrogen-bond acceptors (Lipinski definition) is 0. The molecule has 0 nitrogen and oxygen atoms in total. The van der Waals surface area contributed by atoms with E-state index in [0.717, 1.165) is 0 Å². The SMILES string of the molecule is FC1C(C(F)(F)C(F)(F)F)=CC1(F)F. The highest BCUT2D eigenvalue weighted by Crippen LogP contribution is 2.51. The van der Waals surface area contributed by atoms with Crippen molar-refractivity contribution < 1.29 is 35.1 Å². The van der Waals surface area contributed by atoms with Gasteiger partial charge in [-0.1, -0.05) is 0 Å². The summed E-state index contributed by atoms with van der Waals surface area (Å²) in [5, 5.41) is 0. The van der Waals surface area contributed by atoms with Crippen LogP contribution in [0.15, 0.2) is 11.6 Å². The van der Waals surface area contributed by atoms with E-state index < -0.39 is 35.8 Å². The van der Waals surface area contributed by atoms with Gasteiger partial charge in [0.2, 0.25) is 0 Å². The molecule has 14 heavy (non-hydrogen) atoms. The van der Waals surface area contributed by atoms with E-state index in [2.05, 4.69) is 0 Å². The summed E-state index contributed by atoms with van der Waals surface area (Å²) < 4.78 is 95.1. The van der Waals surface area contributed by atoms with Crippen molar-refractivity contribution in [3.05, 3.63) is 11.6 Å². The van der Waals surface area contributed by atoms with Crippen molar-refractivity contribution in [3.63, 3.8) is 0 Å². The molecule has 0 aliphatic heterocycles. The van der Waals surface area contributed by atoms with Crippen molar-refractivity contribution in [1.82, 2.24) is 0 Å². The molecule has 0 saturated carbocycles. The average molecular weight is 226 g/mol. The quantitative estimate of drug-likeness (QED) is 0.476. The summed E-state index contributed by atoms with van der Waals surface area (Å²) in [7, 11) is 0. The van der Waals surface area contributed by atoms with E-state index in [-0.39, 0.29) is 0 Å². The third-order valence-corrected chi connectivity index (χ3v) is 1.68. The molecule has 0 saturated heterocycles. The second kappa shape index (κ2) is 2.60. The third kappa shape index (κ3) is 1.36. The van der Waals surface area contributed by atoms with Crippen LogP contribution >= 0.6 is 0 Å². The Bertz CT molecular complexity index is 272. The summed E-state index contributed by atoms with van der Waals surface area (Å²) in [5.41, 5.74) is -2.23. The molecule has 8 heteroatoms. The van der Waals surface area contributed by atoms with Crippen LogP contribution in [0.4, 0.5) is 35.1 Å². The highest BCUT2D eigenvalue weighted by molar-refractivity contribution is 5.36. The summed E-state index contributed by atoms with van der Waals surface area (Å²) in [6.45, 7) is 0. The molecule has 0 fully saturated rings. The lowest BCUT2D eigenvalue weighted by Gasteiger charge is -2.34. The average Bonchev–Trinajstić information content (AvgIpc) is 1.97. The largest absolute Gasteiger partial charge is 0.457 e. The van der Waals surface area contributed by atoms with Crippen LogP contribution in [0.1, 0.15) is 0 Å². The van der Waals surface area contributed by atoms with Gasteiger partial charge in [-0.3, -0.25) is 0 Å². The molecule has 0 heterocycles. The molecule has 1 unspecified atom stereocenters. The molecule has 0 aromatic heterocycles. The van der Waals surface area contributed by atoms with Crippen LogP contribution in [0.5, 0.6) is 0 Å². The number of hydrogen-bond donors (Lipinski definition) is 0. The lowest BCUT2D eigenvalue weighted by molar-refractivity contribution is -0.273. The molecule has 1 atom stereocenters. The summed E-state index contributed by atoms with van der Waals surface area (Å²) in [6, 6.07) is 0. The van der Waals surface area contributed by atoms with Gasteiger partial charge in [0.1, 0.15) is 0 Å². The van der Waals surface area contributed by atoms with E-state index in [1.165, 1.54) is 0 Å². The van der Waals surface area contributed by atoms with Gasteiger partial charge >= 0.3 is 18.0 Å². The summed E-state index contributed by atoms with van der Waals surface area (Å²) in [5.74, 6) is -9.77. The zero-order chi connectivity index (χ0) is 11.4. The van der Waals surface area contributed by atoms with E-state index in [1.807, 2.05) is 0 Å². The Balaban J connectivity index is 3.00. The van der Waals surface area contributed by atoms with E-state index in [0.29, 0.717) is 0 Å². The van der Waals surface area contributed by atoms with Gasteiger partial charge in [-0.15, -0.1) is 0 Å². The minimum absolute atomic E-state index is 0.703. The summed E-state index contributed by atoms with van der Waals surface area (Å²) in [4.78, 5) is 0. The molecule has 0 N–H and O–H groups in total. The maximum absolute atomic E-state index is 12.2. The normalized spacial score (nSPS) is 26.9. The van der Waals surface area contributed by atoms with Crippen molar-refractivity contribution in [2.24, 2.45) is 0 Å². The minimum atomic E-state index is -6.06. The molecule has 1 aliphatic carbocycles. The molecule has 82 valence electrons. The minimum Gasteiger partial charge on any atom is -0.235 e. The summed E-state index contributed by atoms with van der Waals surface area (Å²) >= 11 is 0. The van der Waals surface area contributed by atoms with Crippen molar-refractivity contribution in [2.45, 2.75) is 24.2 Å². The zero-order valence-electron chi connectivity index (χ0n) is 6.18. The highest BCUT2D eigenvalue weighted by Gasteiger charge is 2.68. The van der Waals surface area contributed by atoms with Gasteiger partial charge in [0.25, 0.3) is 0 Å². The van der Waals surface area contributed by atoms with Crippen molar-refractivity contribution in [2.75, 3.05) is 0 Å². The monoisotopic (exact) mass is 226 g/mol. The first-order chi connectivity index (χ1) is 6.00. The molecular formula is C6H2F8. The van der Waals surface area contributed by atoms with Gasteiger partial charge < -0.3 is 0 Å². The molecule has 0 spiro atoms. The first-order valence-electron chi connectivity index (χ1n) is 3.20. The van der Waals surface area contributed by atoms with Gasteiger partial charge in [-0.05, 0) is 6.08 Å². The lowest BCUT2D eigenvalue weighted by atomic mass is 9.87. The Morgan fingerprint density at radius 1 is 1.07 bits per heavy atom. The standard InChI is InChI=1S/C6H2F8/c7-3-2(1-4(3,8)9)5(10,11)6(12,13)14/h1,3H. The smallest absolute Gasteiger partial charge is 0.235 e. The van der Waals surface area contributed by atoms with E-state index in [4.69, 9.17) is 0 Å². The predicted octanol–water partition coefficient (Wildman–Crippen LogP) is 3.10. The first kappa shape index (κ1) is 11.3. The van der Waals surface area contributed by atoms with Gasteiger partial charge in [-0.2, -0.15) is 30.7 Å². The van der Waals surface area contributed by atoms with Gasteiger partial charge in [-0.25, -0.2) is 4.39 Å². The van der Waals surface area contributed by atoms with Crippen LogP contribution < -0.4 is 0 Å². The Morgan fingerprint density at radius 3 is 1.71 bits per heavy atom. The molecule has 1 rings (SSSR count). The maximum Gasteiger partial charge on any atom is 0.457 e. The molecule has 0 amide bonds.